The van der Waals surface area contributed by atoms with E-state index in [9.17, 15) is 14.9 Å². The Balaban J connectivity index is 3.37. The first-order valence-corrected chi connectivity index (χ1v) is 4.94. The normalized spacial score (nSPS) is 12.2. The van der Waals surface area contributed by atoms with E-state index in [0.717, 1.165) is 0 Å². The molecule has 0 aliphatic carbocycles. The molecule has 0 heterocycles. The molecule has 15 heavy (non-hydrogen) atoms. The van der Waals surface area contributed by atoms with Crippen molar-refractivity contribution in [2.45, 2.75) is 17.2 Å². The lowest BCUT2D eigenvalue weighted by Crippen LogP contribution is -2.06. The lowest BCUT2D eigenvalue weighted by molar-refractivity contribution is -0.385. The predicted molar refractivity (Wildman–Crippen MR) is 59.6 cm³/mol. The van der Waals surface area contributed by atoms with Crippen molar-refractivity contribution in [1.29, 1.82) is 0 Å². The fourth-order valence-corrected chi connectivity index (χ4v) is 1.80. The highest BCUT2D eigenvalue weighted by atomic mass is 35.5. The molecule has 0 saturated heterocycles. The molecule has 0 spiro atoms. The monoisotopic (exact) mass is 245 g/mol. The van der Waals surface area contributed by atoms with Gasteiger partial charge in [-0.3, -0.25) is 14.9 Å². The van der Waals surface area contributed by atoms with Gasteiger partial charge in [0.1, 0.15) is 5.38 Å². The molecule has 0 radical (unpaired) electrons. The summed E-state index contributed by atoms with van der Waals surface area (Å²) in [6.45, 7) is 1.28. The van der Waals surface area contributed by atoms with Crippen molar-refractivity contribution in [3.63, 3.8) is 0 Å². The summed E-state index contributed by atoms with van der Waals surface area (Å²) in [7, 11) is 0. The van der Waals surface area contributed by atoms with Crippen molar-refractivity contribution >= 4 is 35.7 Å². The van der Waals surface area contributed by atoms with Gasteiger partial charge < -0.3 is 0 Å². The summed E-state index contributed by atoms with van der Waals surface area (Å²) in [5.41, 5.74) is -0.0299. The summed E-state index contributed by atoms with van der Waals surface area (Å²) in [4.78, 5) is 21.6. The van der Waals surface area contributed by atoms with E-state index in [2.05, 4.69) is 12.6 Å². The second-order valence-corrected chi connectivity index (χ2v) is 3.86. The van der Waals surface area contributed by atoms with Crippen LogP contribution in [0.15, 0.2) is 23.1 Å². The number of thiol groups is 1. The van der Waals surface area contributed by atoms with Gasteiger partial charge in [0, 0.05) is 11.0 Å². The Morgan fingerprint density at radius 2 is 2.20 bits per heavy atom. The van der Waals surface area contributed by atoms with Crippen LogP contribution in [-0.2, 0) is 4.79 Å². The lowest BCUT2D eigenvalue weighted by atomic mass is 10.1. The van der Waals surface area contributed by atoms with Crippen LogP contribution < -0.4 is 0 Å². The van der Waals surface area contributed by atoms with Gasteiger partial charge in [0.15, 0.2) is 5.78 Å². The van der Waals surface area contributed by atoms with Crippen LogP contribution in [0.5, 0.6) is 0 Å². The maximum atomic E-state index is 11.1. The molecule has 1 aromatic rings. The highest BCUT2D eigenvalue weighted by molar-refractivity contribution is 7.80. The molecule has 0 amide bonds. The number of alkyl halides is 1. The van der Waals surface area contributed by atoms with Gasteiger partial charge in [-0.15, -0.1) is 24.2 Å². The maximum absolute atomic E-state index is 11.1. The molecule has 0 aliphatic rings. The highest BCUT2D eigenvalue weighted by Crippen LogP contribution is 2.34. The van der Waals surface area contributed by atoms with Gasteiger partial charge in [-0.25, -0.2) is 0 Å². The van der Waals surface area contributed by atoms with Crippen LogP contribution in [0.4, 0.5) is 5.69 Å². The van der Waals surface area contributed by atoms with E-state index in [4.69, 9.17) is 11.6 Å². The molecule has 80 valence electrons. The topological polar surface area (TPSA) is 60.2 Å². The van der Waals surface area contributed by atoms with Crippen molar-refractivity contribution in [2.24, 2.45) is 0 Å². The van der Waals surface area contributed by atoms with Crippen molar-refractivity contribution < 1.29 is 9.72 Å². The van der Waals surface area contributed by atoms with E-state index >= 15 is 0 Å². The number of nitro benzene ring substituents is 1. The van der Waals surface area contributed by atoms with Crippen molar-refractivity contribution in [3.8, 4) is 0 Å². The SMILES string of the molecule is CC(=O)C(Cl)c1c(S)cccc1[N+](=O)[O-]. The molecule has 0 aliphatic heterocycles. The fraction of sp³-hybridized carbons (Fsp3) is 0.222. The van der Waals surface area contributed by atoms with E-state index in [1.54, 1.807) is 6.07 Å². The Morgan fingerprint density at radius 1 is 1.60 bits per heavy atom. The van der Waals surface area contributed by atoms with Gasteiger partial charge in [0.2, 0.25) is 0 Å². The van der Waals surface area contributed by atoms with Gasteiger partial charge in [-0.1, -0.05) is 6.07 Å². The van der Waals surface area contributed by atoms with Crippen LogP contribution in [0, 0.1) is 10.1 Å². The smallest absolute Gasteiger partial charge is 0.275 e. The number of halogens is 1. The van der Waals surface area contributed by atoms with E-state index in [1.807, 2.05) is 0 Å². The molecule has 0 aromatic heterocycles. The molecule has 1 unspecified atom stereocenters. The third-order valence-electron chi connectivity index (χ3n) is 1.87. The minimum atomic E-state index is -1.03. The Kier molecular flexibility index (Phi) is 3.71. The lowest BCUT2D eigenvalue weighted by Gasteiger charge is -2.09. The largest absolute Gasteiger partial charge is 0.298 e. The first kappa shape index (κ1) is 12.0. The van der Waals surface area contributed by atoms with Gasteiger partial charge in [-0.2, -0.15) is 0 Å². The number of benzene rings is 1. The van der Waals surface area contributed by atoms with Crippen LogP contribution in [-0.4, -0.2) is 10.7 Å². The van der Waals surface area contributed by atoms with Crippen LogP contribution >= 0.6 is 24.2 Å². The van der Waals surface area contributed by atoms with Crippen LogP contribution in [0.1, 0.15) is 17.9 Å². The number of ketones is 1. The standard InChI is InChI=1S/C9H8ClNO3S/c1-5(12)9(10)8-6(11(13)14)3-2-4-7(8)15/h2-4,9,15H,1H3. The first-order chi connectivity index (χ1) is 6.95. The number of nitrogens with zero attached hydrogens (tertiary/aromatic N) is 1. The summed E-state index contributed by atoms with van der Waals surface area (Å²) in [6.07, 6.45) is 0. The van der Waals surface area contributed by atoms with Crippen molar-refractivity contribution in [1.82, 2.24) is 0 Å². The molecule has 0 saturated carbocycles. The Hall–Kier alpha value is -1.07. The average Bonchev–Trinajstić information content (AvgIpc) is 2.16. The minimum absolute atomic E-state index is 0.153. The zero-order valence-electron chi connectivity index (χ0n) is 7.81. The average molecular weight is 246 g/mol. The number of nitro groups is 1. The number of hydrogen-bond acceptors (Lipinski definition) is 4. The molecule has 0 bridgehead atoms. The van der Waals surface area contributed by atoms with Gasteiger partial charge in [0.25, 0.3) is 5.69 Å². The Bertz CT molecular complexity index is 422. The predicted octanol–water partition coefficient (Wildman–Crippen LogP) is 2.75. The number of rotatable bonds is 3. The molecule has 1 atom stereocenters. The maximum Gasteiger partial charge on any atom is 0.275 e. The minimum Gasteiger partial charge on any atom is -0.298 e. The first-order valence-electron chi connectivity index (χ1n) is 4.06. The molecule has 1 aromatic carbocycles. The van der Waals surface area contributed by atoms with Crippen LogP contribution in [0.3, 0.4) is 0 Å². The van der Waals surface area contributed by atoms with Crippen molar-refractivity contribution in [3.05, 3.63) is 33.9 Å². The quantitative estimate of drug-likeness (QED) is 0.386. The Morgan fingerprint density at radius 3 is 2.67 bits per heavy atom. The molecule has 1 rings (SSSR count). The van der Waals surface area contributed by atoms with Crippen LogP contribution in [0.25, 0.3) is 0 Å². The molecular formula is C9H8ClNO3S. The molecule has 4 nitrogen and oxygen atoms in total. The van der Waals surface area contributed by atoms with E-state index in [1.165, 1.54) is 19.1 Å². The molecule has 0 N–H and O–H groups in total. The zero-order valence-corrected chi connectivity index (χ0v) is 9.46. The van der Waals surface area contributed by atoms with E-state index in [0.29, 0.717) is 4.90 Å². The molecule has 0 fully saturated rings. The number of hydrogen-bond donors (Lipinski definition) is 1. The highest BCUT2D eigenvalue weighted by Gasteiger charge is 2.25. The summed E-state index contributed by atoms with van der Waals surface area (Å²) in [5.74, 6) is -0.346. The second-order valence-electron chi connectivity index (χ2n) is 2.94. The number of carbonyl (C=O) groups excluding carboxylic acids is 1. The summed E-state index contributed by atoms with van der Waals surface area (Å²) in [6, 6.07) is 4.35. The molecular weight excluding hydrogens is 238 g/mol. The molecule has 6 heteroatoms. The van der Waals surface area contributed by atoms with Gasteiger partial charge >= 0.3 is 0 Å². The van der Waals surface area contributed by atoms with Crippen molar-refractivity contribution in [2.75, 3.05) is 0 Å². The third-order valence-corrected chi connectivity index (χ3v) is 2.78. The van der Waals surface area contributed by atoms with E-state index in [-0.39, 0.29) is 17.0 Å². The van der Waals surface area contributed by atoms with Gasteiger partial charge in [-0.05, 0) is 13.0 Å². The van der Waals surface area contributed by atoms with Gasteiger partial charge in [0.05, 0.1) is 10.5 Å². The Labute approximate surface area is 96.8 Å². The number of Topliss-reactive ketones (excluding diaryl/α,β-unsaturated/α-hetero) is 1. The number of carbonyl (C=O) groups is 1. The summed E-state index contributed by atoms with van der Waals surface area (Å²) < 4.78 is 0. The summed E-state index contributed by atoms with van der Waals surface area (Å²) in [5, 5.41) is 9.67. The fourth-order valence-electron chi connectivity index (χ4n) is 1.16. The zero-order chi connectivity index (χ0) is 11.6. The summed E-state index contributed by atoms with van der Waals surface area (Å²) >= 11 is 9.85. The van der Waals surface area contributed by atoms with Crippen LogP contribution in [0.2, 0.25) is 0 Å². The van der Waals surface area contributed by atoms with E-state index < -0.39 is 10.3 Å². The third kappa shape index (κ3) is 2.49. The second kappa shape index (κ2) is 4.63.